The highest BCUT2D eigenvalue weighted by Gasteiger charge is 2.23. The first-order valence-electron chi connectivity index (χ1n) is 19.7. The predicted octanol–water partition coefficient (Wildman–Crippen LogP) is 15.4. The van der Waals surface area contributed by atoms with Crippen LogP contribution in [0.1, 0.15) is 17.7 Å². The number of para-hydroxylation sites is 1. The summed E-state index contributed by atoms with van der Waals surface area (Å²) in [5.41, 5.74) is 15.9. The zero-order chi connectivity index (χ0) is 37.7. The SMILES string of the molecule is C1=Cc2c(c3cc(-c4cc(N(c5ccc(-c6ccccc6)cc5)c5ccc(-c6ccccc6)cc5)c5sc6ccccc6c5c4)ccc3n2-c2ccccc2)CC1. The molecule has 1 aliphatic rings. The average Bonchev–Trinajstić information content (AvgIpc) is 3.83. The number of aromatic nitrogens is 1. The minimum absolute atomic E-state index is 1.04. The van der Waals surface area contributed by atoms with Crippen LogP contribution in [-0.2, 0) is 6.42 Å². The Morgan fingerprint density at radius 3 is 1.68 bits per heavy atom. The summed E-state index contributed by atoms with van der Waals surface area (Å²) < 4.78 is 5.00. The number of nitrogens with zero attached hydrogens (tertiary/aromatic N) is 2. The van der Waals surface area contributed by atoms with Crippen LogP contribution in [0.15, 0.2) is 200 Å². The van der Waals surface area contributed by atoms with Crippen LogP contribution in [0.4, 0.5) is 17.1 Å². The number of fused-ring (bicyclic) bond motifs is 6. The van der Waals surface area contributed by atoms with Gasteiger partial charge in [0.2, 0.25) is 0 Å². The maximum Gasteiger partial charge on any atom is 0.0646 e. The molecule has 0 radical (unpaired) electrons. The summed E-state index contributed by atoms with van der Waals surface area (Å²) in [4.78, 5) is 2.46. The zero-order valence-corrected chi connectivity index (χ0v) is 32.2. The van der Waals surface area contributed by atoms with Gasteiger partial charge in [0.25, 0.3) is 0 Å². The smallest absolute Gasteiger partial charge is 0.0646 e. The first kappa shape index (κ1) is 33.4. The van der Waals surface area contributed by atoms with E-state index >= 15 is 0 Å². The highest BCUT2D eigenvalue weighted by molar-refractivity contribution is 7.26. The third-order valence-corrected chi connectivity index (χ3v) is 12.7. The van der Waals surface area contributed by atoms with Crippen LogP contribution in [0.5, 0.6) is 0 Å². The lowest BCUT2D eigenvalue weighted by Gasteiger charge is -2.27. The summed E-state index contributed by atoms with van der Waals surface area (Å²) in [6, 6.07) is 71.0. The maximum absolute atomic E-state index is 2.46. The molecule has 8 aromatic carbocycles. The molecule has 0 amide bonds. The molecule has 0 atom stereocenters. The minimum atomic E-state index is 1.04. The molecule has 11 rings (SSSR count). The van der Waals surface area contributed by atoms with Crippen LogP contribution in [0.2, 0.25) is 0 Å². The van der Waals surface area contributed by atoms with Crippen LogP contribution in [-0.4, -0.2) is 4.57 Å². The number of hydrogen-bond donors (Lipinski definition) is 0. The molecule has 0 unspecified atom stereocenters. The van der Waals surface area contributed by atoms with Gasteiger partial charge >= 0.3 is 0 Å². The molecule has 1 aliphatic carbocycles. The Bertz CT molecular complexity index is 3000. The van der Waals surface area contributed by atoms with E-state index in [4.69, 9.17) is 0 Å². The van der Waals surface area contributed by atoms with Gasteiger partial charge in [-0.3, -0.25) is 0 Å². The second-order valence-electron chi connectivity index (χ2n) is 14.8. The summed E-state index contributed by atoms with van der Waals surface area (Å²) >= 11 is 1.88. The fraction of sp³-hybridized carbons (Fsp3) is 0.0370. The molecular formula is C54H38N2S. The summed E-state index contributed by atoms with van der Waals surface area (Å²) in [6.07, 6.45) is 6.73. The van der Waals surface area contributed by atoms with Crippen molar-refractivity contribution in [3.8, 4) is 39.1 Å². The largest absolute Gasteiger partial charge is 0.310 e. The average molecular weight is 747 g/mol. The van der Waals surface area contributed by atoms with Crippen LogP contribution in [0.25, 0.3) is 76.2 Å². The van der Waals surface area contributed by atoms with Crippen LogP contribution in [0, 0.1) is 0 Å². The van der Waals surface area contributed by atoms with E-state index < -0.39 is 0 Å². The first-order valence-corrected chi connectivity index (χ1v) is 20.5. The number of rotatable bonds is 7. The normalized spacial score (nSPS) is 12.4. The lowest BCUT2D eigenvalue weighted by molar-refractivity contribution is 0.967. The Kier molecular flexibility index (Phi) is 8.19. The Morgan fingerprint density at radius 2 is 1.02 bits per heavy atom. The van der Waals surface area contributed by atoms with Crippen LogP contribution in [0.3, 0.4) is 0 Å². The van der Waals surface area contributed by atoms with Gasteiger partial charge in [-0.05, 0) is 125 Å². The van der Waals surface area contributed by atoms with Crippen molar-refractivity contribution in [2.75, 3.05) is 4.90 Å². The fourth-order valence-corrected chi connectivity index (χ4v) is 9.89. The van der Waals surface area contributed by atoms with Crippen molar-refractivity contribution in [2.24, 2.45) is 0 Å². The topological polar surface area (TPSA) is 8.17 Å². The molecule has 57 heavy (non-hydrogen) atoms. The van der Waals surface area contributed by atoms with Gasteiger partial charge < -0.3 is 9.47 Å². The van der Waals surface area contributed by atoms with Gasteiger partial charge in [-0.2, -0.15) is 0 Å². The zero-order valence-electron chi connectivity index (χ0n) is 31.3. The van der Waals surface area contributed by atoms with Crippen molar-refractivity contribution in [3.63, 3.8) is 0 Å². The molecule has 0 N–H and O–H groups in total. The van der Waals surface area contributed by atoms with E-state index in [1.54, 1.807) is 0 Å². The van der Waals surface area contributed by atoms with Crippen molar-refractivity contribution >= 4 is 65.6 Å². The van der Waals surface area contributed by atoms with Crippen molar-refractivity contribution in [3.05, 3.63) is 211 Å². The van der Waals surface area contributed by atoms with Crippen LogP contribution >= 0.6 is 11.3 Å². The fourth-order valence-electron chi connectivity index (χ4n) is 8.71. The van der Waals surface area contributed by atoms with E-state index in [0.29, 0.717) is 0 Å². The molecular weight excluding hydrogens is 709 g/mol. The standard InChI is InChI=1S/C54H38N2S/c1-4-14-37(15-5-1)39-24-29-44(30-25-39)55(45-31-26-40(27-32-45)38-16-6-2-7-17-38)52-36-42(35-49-47-21-11-13-23-53(47)57-54(49)52)41-28-33-51-48(34-41)46-20-10-12-22-50(46)56(51)43-18-8-3-9-19-43/h1-9,11-19,21-36H,10,20H2. The number of hydrogen-bond acceptors (Lipinski definition) is 2. The molecule has 2 aromatic heterocycles. The first-order chi connectivity index (χ1) is 28.3. The van der Waals surface area contributed by atoms with Gasteiger partial charge in [-0.15, -0.1) is 11.3 Å². The van der Waals surface area contributed by atoms with Crippen molar-refractivity contribution in [1.82, 2.24) is 4.57 Å². The summed E-state index contributed by atoms with van der Waals surface area (Å²) in [6.45, 7) is 0. The van der Waals surface area contributed by atoms with Gasteiger partial charge in [-0.25, -0.2) is 0 Å². The quantitative estimate of drug-likeness (QED) is 0.158. The molecule has 0 bridgehead atoms. The Morgan fingerprint density at radius 1 is 0.456 bits per heavy atom. The number of thiophene rings is 1. The van der Waals surface area contributed by atoms with Crippen molar-refractivity contribution in [2.45, 2.75) is 12.8 Å². The summed E-state index contributed by atoms with van der Waals surface area (Å²) in [5.74, 6) is 0. The Labute approximate surface area is 336 Å². The van der Waals surface area contributed by atoms with E-state index in [-0.39, 0.29) is 0 Å². The molecule has 2 nitrogen and oxygen atoms in total. The lowest BCUT2D eigenvalue weighted by Crippen LogP contribution is -2.10. The second-order valence-corrected chi connectivity index (χ2v) is 15.9. The second kappa shape index (κ2) is 14.0. The molecule has 0 aliphatic heterocycles. The number of aryl methyl sites for hydroxylation is 1. The monoisotopic (exact) mass is 746 g/mol. The predicted molar refractivity (Wildman–Crippen MR) is 245 cm³/mol. The van der Waals surface area contributed by atoms with Gasteiger partial charge in [0.15, 0.2) is 0 Å². The summed E-state index contributed by atoms with van der Waals surface area (Å²) in [5, 5.41) is 3.90. The van der Waals surface area contributed by atoms with Gasteiger partial charge in [0.1, 0.15) is 0 Å². The van der Waals surface area contributed by atoms with Crippen LogP contribution < -0.4 is 4.90 Å². The number of benzene rings is 8. The van der Waals surface area contributed by atoms with E-state index in [1.807, 2.05) is 11.3 Å². The van der Waals surface area contributed by atoms with Crippen molar-refractivity contribution < 1.29 is 0 Å². The van der Waals surface area contributed by atoms with Gasteiger partial charge in [0.05, 0.1) is 15.9 Å². The lowest BCUT2D eigenvalue weighted by atomic mass is 9.96. The van der Waals surface area contributed by atoms with E-state index in [0.717, 1.165) is 24.2 Å². The molecule has 0 fully saturated rings. The molecule has 3 heteroatoms. The third-order valence-electron chi connectivity index (χ3n) is 11.5. The molecule has 2 heterocycles. The minimum Gasteiger partial charge on any atom is -0.310 e. The molecule has 0 spiro atoms. The number of allylic oxidation sites excluding steroid dienone is 1. The highest BCUT2D eigenvalue weighted by atomic mass is 32.1. The molecule has 0 saturated carbocycles. The van der Waals surface area contributed by atoms with Gasteiger partial charge in [-0.1, -0.05) is 133 Å². The molecule has 270 valence electrons. The van der Waals surface area contributed by atoms with Gasteiger partial charge in [0, 0.05) is 43.6 Å². The highest BCUT2D eigenvalue weighted by Crippen LogP contribution is 2.48. The maximum atomic E-state index is 2.46. The van der Waals surface area contributed by atoms with E-state index in [2.05, 4.69) is 216 Å². The van der Waals surface area contributed by atoms with Crippen molar-refractivity contribution in [1.29, 1.82) is 0 Å². The van der Waals surface area contributed by atoms with E-state index in [9.17, 15) is 0 Å². The molecule has 10 aromatic rings. The summed E-state index contributed by atoms with van der Waals surface area (Å²) in [7, 11) is 0. The third kappa shape index (κ3) is 5.87. The number of anilines is 3. The molecule has 0 saturated heterocycles. The Balaban J connectivity index is 1.13. The Hall–Kier alpha value is -6.94. The van der Waals surface area contributed by atoms with E-state index in [1.165, 1.54) is 87.1 Å².